The molecule has 0 unspecified atom stereocenters. The molecule has 0 aliphatic rings. The Kier molecular flexibility index (Phi) is 4.87. The molecule has 0 saturated carbocycles. The van der Waals surface area contributed by atoms with E-state index in [9.17, 15) is 9.18 Å². The lowest BCUT2D eigenvalue weighted by Gasteiger charge is -2.04. The van der Waals surface area contributed by atoms with Crippen molar-refractivity contribution >= 4 is 21.7 Å². The smallest absolute Gasteiger partial charge is 0.162 e. The fourth-order valence-electron chi connectivity index (χ4n) is 1.51. The van der Waals surface area contributed by atoms with Gasteiger partial charge in [-0.1, -0.05) is 19.1 Å². The number of ketones is 1. The monoisotopic (exact) mass is 284 g/mol. The molecule has 1 nitrogen and oxygen atoms in total. The molecule has 0 aliphatic heterocycles. The number of hydrogen-bond acceptors (Lipinski definition) is 1. The topological polar surface area (TPSA) is 17.1 Å². The van der Waals surface area contributed by atoms with E-state index >= 15 is 0 Å². The molecule has 86 valence electrons. The van der Waals surface area contributed by atoms with Gasteiger partial charge in [0.15, 0.2) is 5.78 Å². The summed E-state index contributed by atoms with van der Waals surface area (Å²) < 4.78 is 13.4. The Morgan fingerprint density at radius 3 is 2.69 bits per heavy atom. The molecular weight excluding hydrogens is 271 g/mol. The van der Waals surface area contributed by atoms with Crippen LogP contribution in [0.3, 0.4) is 0 Å². The molecule has 0 radical (unpaired) electrons. The molecule has 0 aromatic heterocycles. The van der Waals surface area contributed by atoms with Crippen LogP contribution in [-0.4, -0.2) is 5.78 Å². The van der Waals surface area contributed by atoms with Crippen molar-refractivity contribution < 1.29 is 9.18 Å². The summed E-state index contributed by atoms with van der Waals surface area (Å²) in [6.07, 6.45) is 2.89. The molecule has 0 amide bonds. The normalized spacial score (nSPS) is 11.6. The first-order valence-corrected chi connectivity index (χ1v) is 6.00. The van der Waals surface area contributed by atoms with Crippen molar-refractivity contribution in [2.24, 2.45) is 0 Å². The van der Waals surface area contributed by atoms with E-state index in [0.717, 1.165) is 17.6 Å². The second kappa shape index (κ2) is 5.94. The zero-order valence-corrected chi connectivity index (χ0v) is 11.0. The van der Waals surface area contributed by atoms with Crippen LogP contribution in [0.4, 0.5) is 4.39 Å². The average molecular weight is 285 g/mol. The second-order valence-electron chi connectivity index (χ2n) is 3.52. The lowest BCUT2D eigenvalue weighted by Crippen LogP contribution is -2.05. The van der Waals surface area contributed by atoms with E-state index in [1.807, 2.05) is 19.9 Å². The summed E-state index contributed by atoms with van der Waals surface area (Å²) in [6, 6.07) is 4.66. The molecule has 0 atom stereocenters. The van der Waals surface area contributed by atoms with Gasteiger partial charge in [0, 0.05) is 6.42 Å². The summed E-state index contributed by atoms with van der Waals surface area (Å²) in [5, 5.41) is 0. The fraction of sp³-hybridized carbons (Fsp3) is 0.308. The number of carbonyl (C=O) groups excluding carboxylic acids is 1. The summed E-state index contributed by atoms with van der Waals surface area (Å²) in [5.74, 6) is -0.207. The van der Waals surface area contributed by atoms with Crippen molar-refractivity contribution in [1.82, 2.24) is 0 Å². The van der Waals surface area contributed by atoms with Crippen LogP contribution in [0.1, 0.15) is 25.8 Å². The van der Waals surface area contributed by atoms with E-state index in [1.54, 1.807) is 12.1 Å². The average Bonchev–Trinajstić information content (AvgIpc) is 2.25. The van der Waals surface area contributed by atoms with Gasteiger partial charge in [-0.25, -0.2) is 4.39 Å². The van der Waals surface area contributed by atoms with Gasteiger partial charge >= 0.3 is 0 Å². The zero-order chi connectivity index (χ0) is 12.1. The minimum atomic E-state index is -0.307. The number of Topliss-reactive ketones (excluding diaryl/α,β-unsaturated/α-hetero) is 1. The van der Waals surface area contributed by atoms with Crippen LogP contribution in [0.2, 0.25) is 0 Å². The Labute approximate surface area is 103 Å². The highest BCUT2D eigenvalue weighted by molar-refractivity contribution is 9.10. The molecule has 0 N–H and O–H groups in total. The van der Waals surface area contributed by atoms with Gasteiger partial charge in [0.25, 0.3) is 0 Å². The number of benzene rings is 1. The lowest BCUT2D eigenvalue weighted by atomic mass is 10.0. The van der Waals surface area contributed by atoms with Gasteiger partial charge in [-0.15, -0.1) is 0 Å². The predicted molar refractivity (Wildman–Crippen MR) is 66.9 cm³/mol. The van der Waals surface area contributed by atoms with E-state index in [1.165, 1.54) is 6.07 Å². The van der Waals surface area contributed by atoms with Crippen LogP contribution in [0.15, 0.2) is 34.3 Å². The van der Waals surface area contributed by atoms with Crippen LogP contribution in [0.5, 0.6) is 0 Å². The van der Waals surface area contributed by atoms with E-state index in [2.05, 4.69) is 15.9 Å². The number of allylic oxidation sites excluding steroid dienone is 2. The molecular formula is C13H14BrFO. The first kappa shape index (κ1) is 13.1. The van der Waals surface area contributed by atoms with E-state index in [0.29, 0.717) is 10.9 Å². The van der Waals surface area contributed by atoms with Crippen molar-refractivity contribution in [1.29, 1.82) is 0 Å². The van der Waals surface area contributed by atoms with Gasteiger partial charge in [0.05, 0.1) is 4.47 Å². The van der Waals surface area contributed by atoms with E-state index < -0.39 is 0 Å². The Hall–Kier alpha value is -0.960. The molecule has 0 fully saturated rings. The summed E-state index contributed by atoms with van der Waals surface area (Å²) in [4.78, 5) is 11.8. The van der Waals surface area contributed by atoms with Crippen molar-refractivity contribution in [2.45, 2.75) is 26.7 Å². The predicted octanol–water partition coefficient (Wildman–Crippen LogP) is 4.06. The van der Waals surface area contributed by atoms with Crippen molar-refractivity contribution in [2.75, 3.05) is 0 Å². The van der Waals surface area contributed by atoms with Gasteiger partial charge in [-0.3, -0.25) is 4.79 Å². The van der Waals surface area contributed by atoms with Gasteiger partial charge < -0.3 is 0 Å². The number of rotatable bonds is 4. The van der Waals surface area contributed by atoms with E-state index in [-0.39, 0.29) is 11.6 Å². The Bertz CT molecular complexity index is 424. The summed E-state index contributed by atoms with van der Waals surface area (Å²) in [7, 11) is 0. The van der Waals surface area contributed by atoms with Gasteiger partial charge in [0.1, 0.15) is 5.82 Å². The van der Waals surface area contributed by atoms with Crippen LogP contribution in [0, 0.1) is 5.82 Å². The van der Waals surface area contributed by atoms with Crippen molar-refractivity contribution in [3.63, 3.8) is 0 Å². The minimum Gasteiger partial charge on any atom is -0.294 e. The largest absolute Gasteiger partial charge is 0.294 e. The van der Waals surface area contributed by atoms with Crippen LogP contribution >= 0.6 is 15.9 Å². The third kappa shape index (κ3) is 3.27. The Morgan fingerprint density at radius 1 is 1.50 bits per heavy atom. The summed E-state index contributed by atoms with van der Waals surface area (Å²) in [5.41, 5.74) is 1.64. The summed E-state index contributed by atoms with van der Waals surface area (Å²) in [6.45, 7) is 3.81. The van der Waals surface area contributed by atoms with Gasteiger partial charge in [-0.2, -0.15) is 0 Å². The molecule has 0 heterocycles. The second-order valence-corrected chi connectivity index (χ2v) is 4.37. The van der Waals surface area contributed by atoms with Crippen LogP contribution in [-0.2, 0) is 11.2 Å². The Balaban J connectivity index is 2.81. The molecule has 1 aromatic rings. The SMILES string of the molecule is C/C=C(/CC)C(=O)Cc1ccc(F)c(Br)c1. The molecule has 0 aliphatic carbocycles. The van der Waals surface area contributed by atoms with Gasteiger partial charge in [-0.05, 0) is 52.5 Å². The maximum atomic E-state index is 13.0. The number of hydrogen-bond donors (Lipinski definition) is 0. The third-order valence-electron chi connectivity index (χ3n) is 2.44. The minimum absolute atomic E-state index is 0.100. The maximum absolute atomic E-state index is 13.0. The number of halogens is 2. The van der Waals surface area contributed by atoms with Crippen LogP contribution < -0.4 is 0 Å². The van der Waals surface area contributed by atoms with Gasteiger partial charge in [0.2, 0.25) is 0 Å². The molecule has 0 spiro atoms. The molecule has 3 heteroatoms. The number of carbonyl (C=O) groups is 1. The van der Waals surface area contributed by atoms with Crippen LogP contribution in [0.25, 0.3) is 0 Å². The Morgan fingerprint density at radius 2 is 2.19 bits per heavy atom. The molecule has 0 saturated heterocycles. The lowest BCUT2D eigenvalue weighted by molar-refractivity contribution is -0.115. The van der Waals surface area contributed by atoms with Crippen molar-refractivity contribution in [3.8, 4) is 0 Å². The van der Waals surface area contributed by atoms with E-state index in [4.69, 9.17) is 0 Å². The third-order valence-corrected chi connectivity index (χ3v) is 3.04. The fourth-order valence-corrected chi connectivity index (χ4v) is 1.94. The molecule has 0 bridgehead atoms. The first-order valence-electron chi connectivity index (χ1n) is 5.20. The molecule has 16 heavy (non-hydrogen) atoms. The molecule has 1 aromatic carbocycles. The highest BCUT2D eigenvalue weighted by atomic mass is 79.9. The first-order chi connectivity index (χ1) is 7.58. The van der Waals surface area contributed by atoms with Crippen molar-refractivity contribution in [3.05, 3.63) is 45.7 Å². The maximum Gasteiger partial charge on any atom is 0.162 e. The highest BCUT2D eigenvalue weighted by Gasteiger charge is 2.09. The quantitative estimate of drug-likeness (QED) is 0.762. The zero-order valence-electron chi connectivity index (χ0n) is 9.39. The summed E-state index contributed by atoms with van der Waals surface area (Å²) >= 11 is 3.11. The highest BCUT2D eigenvalue weighted by Crippen LogP contribution is 2.18. The standard InChI is InChI=1S/C13H14BrFO/c1-3-10(4-2)13(16)8-9-5-6-12(15)11(14)7-9/h3,5-7H,4,8H2,1-2H3/b10-3-. The molecule has 1 rings (SSSR count).